The van der Waals surface area contributed by atoms with Gasteiger partial charge in [-0.25, -0.2) is 12.8 Å². The fourth-order valence-electron chi connectivity index (χ4n) is 3.31. The van der Waals surface area contributed by atoms with Gasteiger partial charge >= 0.3 is 0 Å². The van der Waals surface area contributed by atoms with Crippen molar-refractivity contribution < 1.29 is 17.7 Å². The second kappa shape index (κ2) is 7.81. The van der Waals surface area contributed by atoms with Crippen LogP contribution in [0.15, 0.2) is 46.9 Å². The topological polar surface area (TPSA) is 80.5 Å². The molecule has 0 atom stereocenters. The van der Waals surface area contributed by atoms with Crippen LogP contribution in [-0.4, -0.2) is 30.7 Å². The lowest BCUT2D eigenvalue weighted by Gasteiger charge is -2.28. The van der Waals surface area contributed by atoms with Crippen molar-refractivity contribution >= 4 is 21.8 Å². The highest BCUT2D eigenvalue weighted by Gasteiger charge is 2.30. The normalized spacial score (nSPS) is 15.5. The van der Waals surface area contributed by atoms with Gasteiger partial charge in [-0.2, -0.15) is 4.31 Å². The number of hydrogen-bond acceptors (Lipinski definition) is 4. The van der Waals surface area contributed by atoms with E-state index in [1.54, 1.807) is 26.0 Å². The lowest BCUT2D eigenvalue weighted by Crippen LogP contribution is -2.36. The van der Waals surface area contributed by atoms with E-state index in [1.807, 2.05) is 6.08 Å². The van der Waals surface area contributed by atoms with Gasteiger partial charge in [0, 0.05) is 25.2 Å². The second-order valence-corrected chi connectivity index (χ2v) is 8.81. The van der Waals surface area contributed by atoms with Crippen molar-refractivity contribution in [1.82, 2.24) is 4.31 Å². The molecule has 0 bridgehead atoms. The first kappa shape index (κ1) is 20.2. The average Bonchev–Trinajstić information content (AvgIpc) is 2.64. The average molecular weight is 404 g/mol. The number of nitrogens with zero attached hydrogens (tertiary/aromatic N) is 2. The first-order chi connectivity index (χ1) is 13.2. The third-order valence-electron chi connectivity index (χ3n) is 5.02. The van der Waals surface area contributed by atoms with Gasteiger partial charge < -0.3 is 0 Å². The number of aryl methyl sites for hydroxylation is 1. The number of rotatable bonds is 4. The predicted octanol–water partition coefficient (Wildman–Crippen LogP) is 4.22. The van der Waals surface area contributed by atoms with Crippen LogP contribution in [0.3, 0.4) is 0 Å². The molecule has 0 saturated carbocycles. The van der Waals surface area contributed by atoms with Gasteiger partial charge in [-0.1, -0.05) is 23.8 Å². The van der Waals surface area contributed by atoms with Crippen molar-refractivity contribution in [3.63, 3.8) is 0 Å². The molecular weight excluding hydrogens is 383 g/mol. The molecule has 0 unspecified atom stereocenters. The molecule has 28 heavy (non-hydrogen) atoms. The SMILES string of the molecule is Cc1cc([N+](=O)[O-])cc(S(=O)(=O)N2CCC(=Cc3cccc(F)c3)CC2)c1C. The highest BCUT2D eigenvalue weighted by Crippen LogP contribution is 2.30. The monoisotopic (exact) mass is 404 g/mol. The van der Waals surface area contributed by atoms with Gasteiger partial charge in [0.05, 0.1) is 9.82 Å². The predicted molar refractivity (Wildman–Crippen MR) is 105 cm³/mol. The molecule has 0 N–H and O–H groups in total. The first-order valence-electron chi connectivity index (χ1n) is 8.89. The van der Waals surface area contributed by atoms with E-state index in [4.69, 9.17) is 0 Å². The number of nitro groups is 1. The highest BCUT2D eigenvalue weighted by atomic mass is 32.2. The summed E-state index contributed by atoms with van der Waals surface area (Å²) in [5.41, 5.74) is 2.65. The minimum Gasteiger partial charge on any atom is -0.258 e. The van der Waals surface area contributed by atoms with Crippen molar-refractivity contribution in [3.05, 3.63) is 74.6 Å². The molecule has 0 amide bonds. The molecule has 0 spiro atoms. The van der Waals surface area contributed by atoms with E-state index < -0.39 is 14.9 Å². The van der Waals surface area contributed by atoms with Gasteiger partial charge in [0.25, 0.3) is 5.69 Å². The Hall–Kier alpha value is -2.58. The zero-order valence-electron chi connectivity index (χ0n) is 15.7. The number of halogens is 1. The second-order valence-electron chi connectivity index (χ2n) is 6.90. The minimum atomic E-state index is -3.83. The third kappa shape index (κ3) is 4.13. The van der Waals surface area contributed by atoms with E-state index in [-0.39, 0.29) is 29.5 Å². The number of nitro benzene ring substituents is 1. The Labute approximate surface area is 163 Å². The summed E-state index contributed by atoms with van der Waals surface area (Å²) in [5, 5.41) is 11.1. The number of benzene rings is 2. The van der Waals surface area contributed by atoms with E-state index in [0.29, 0.717) is 24.0 Å². The molecule has 2 aromatic carbocycles. The number of hydrogen-bond donors (Lipinski definition) is 0. The summed E-state index contributed by atoms with van der Waals surface area (Å²) < 4.78 is 40.8. The third-order valence-corrected chi connectivity index (χ3v) is 7.04. The lowest BCUT2D eigenvalue weighted by atomic mass is 10.0. The molecule has 148 valence electrons. The summed E-state index contributed by atoms with van der Waals surface area (Å²) in [5.74, 6) is -0.314. The van der Waals surface area contributed by atoms with Crippen molar-refractivity contribution in [2.75, 3.05) is 13.1 Å². The molecule has 2 aromatic rings. The van der Waals surface area contributed by atoms with Crippen LogP contribution >= 0.6 is 0 Å². The van der Waals surface area contributed by atoms with E-state index in [9.17, 15) is 22.9 Å². The van der Waals surface area contributed by atoms with Crippen LogP contribution in [0.4, 0.5) is 10.1 Å². The van der Waals surface area contributed by atoms with Crippen molar-refractivity contribution in [3.8, 4) is 0 Å². The fraction of sp³-hybridized carbons (Fsp3) is 0.300. The van der Waals surface area contributed by atoms with Crippen LogP contribution < -0.4 is 0 Å². The molecule has 1 saturated heterocycles. The van der Waals surface area contributed by atoms with Gasteiger partial charge in [0.15, 0.2) is 0 Å². The molecule has 8 heteroatoms. The quantitative estimate of drug-likeness (QED) is 0.564. The Kier molecular flexibility index (Phi) is 5.62. The van der Waals surface area contributed by atoms with E-state index in [2.05, 4.69) is 0 Å². The summed E-state index contributed by atoms with van der Waals surface area (Å²) in [6, 6.07) is 8.76. The van der Waals surface area contributed by atoms with Gasteiger partial charge in [-0.15, -0.1) is 0 Å². The molecule has 1 aliphatic heterocycles. The van der Waals surface area contributed by atoms with Gasteiger partial charge in [0.2, 0.25) is 10.0 Å². The first-order valence-corrected chi connectivity index (χ1v) is 10.3. The molecule has 0 aromatic heterocycles. The largest absolute Gasteiger partial charge is 0.271 e. The Balaban J connectivity index is 1.83. The smallest absolute Gasteiger partial charge is 0.258 e. The summed E-state index contributed by atoms with van der Waals surface area (Å²) in [7, 11) is -3.83. The molecule has 6 nitrogen and oxygen atoms in total. The van der Waals surface area contributed by atoms with E-state index in [0.717, 1.165) is 17.2 Å². The van der Waals surface area contributed by atoms with Crippen LogP contribution in [0.5, 0.6) is 0 Å². The molecule has 0 aliphatic carbocycles. The molecule has 3 rings (SSSR count). The van der Waals surface area contributed by atoms with Gasteiger partial charge in [-0.3, -0.25) is 10.1 Å². The summed E-state index contributed by atoms with van der Waals surface area (Å²) >= 11 is 0. The number of piperidine rings is 1. The molecule has 1 aliphatic rings. The minimum absolute atomic E-state index is 0.0169. The molecule has 0 radical (unpaired) electrons. The zero-order chi connectivity index (χ0) is 20.5. The van der Waals surface area contributed by atoms with Gasteiger partial charge in [0.1, 0.15) is 5.82 Å². The molecular formula is C20H21FN2O4S. The Bertz CT molecular complexity index is 1050. The maximum Gasteiger partial charge on any atom is 0.271 e. The van der Waals surface area contributed by atoms with Crippen LogP contribution in [-0.2, 0) is 10.0 Å². The summed E-state index contributed by atoms with van der Waals surface area (Å²) in [6.07, 6.45) is 2.95. The Morgan fingerprint density at radius 1 is 1.14 bits per heavy atom. The summed E-state index contributed by atoms with van der Waals surface area (Å²) in [6.45, 7) is 3.89. The standard InChI is InChI=1S/C20H21FN2O4S/c1-14-10-19(23(24)25)13-20(15(14)2)28(26,27)22-8-6-16(7-9-22)11-17-4-3-5-18(21)12-17/h3-5,10-13H,6-9H2,1-2H3. The van der Waals surface area contributed by atoms with Crippen LogP contribution in [0, 0.1) is 29.8 Å². The Morgan fingerprint density at radius 2 is 1.82 bits per heavy atom. The zero-order valence-corrected chi connectivity index (χ0v) is 16.5. The van der Waals surface area contributed by atoms with Crippen LogP contribution in [0.25, 0.3) is 6.08 Å². The molecule has 1 heterocycles. The van der Waals surface area contributed by atoms with Crippen molar-refractivity contribution in [1.29, 1.82) is 0 Å². The fourth-order valence-corrected chi connectivity index (χ4v) is 5.07. The van der Waals surface area contributed by atoms with Gasteiger partial charge in [-0.05, 0) is 55.5 Å². The molecule has 1 fully saturated rings. The van der Waals surface area contributed by atoms with Crippen LogP contribution in [0.1, 0.15) is 29.5 Å². The highest BCUT2D eigenvalue weighted by molar-refractivity contribution is 7.89. The Morgan fingerprint density at radius 3 is 2.43 bits per heavy atom. The van der Waals surface area contributed by atoms with E-state index >= 15 is 0 Å². The maximum absolute atomic E-state index is 13.3. The van der Waals surface area contributed by atoms with Crippen molar-refractivity contribution in [2.24, 2.45) is 0 Å². The number of non-ortho nitro benzene ring substituents is 1. The summed E-state index contributed by atoms with van der Waals surface area (Å²) in [4.78, 5) is 10.5. The lowest BCUT2D eigenvalue weighted by molar-refractivity contribution is -0.385. The number of sulfonamides is 1. The maximum atomic E-state index is 13.3. The van der Waals surface area contributed by atoms with Crippen molar-refractivity contribution in [2.45, 2.75) is 31.6 Å². The van der Waals surface area contributed by atoms with Crippen LogP contribution in [0.2, 0.25) is 0 Å². The van der Waals surface area contributed by atoms with E-state index in [1.165, 1.54) is 22.5 Å².